The molecule has 0 saturated carbocycles. The Morgan fingerprint density at radius 1 is 1.19 bits per heavy atom. The smallest absolute Gasteiger partial charge is 0.339 e. The minimum absolute atomic E-state index is 0.342. The normalized spacial score (nSPS) is 13.8. The zero-order valence-electron chi connectivity index (χ0n) is 11.7. The van der Waals surface area contributed by atoms with Gasteiger partial charge in [-0.15, -0.1) is 0 Å². The number of rotatable bonds is 3. The molecule has 0 aliphatic heterocycles. The van der Waals surface area contributed by atoms with E-state index in [1.165, 1.54) is 18.2 Å². The molecule has 1 N–H and O–H groups in total. The van der Waals surface area contributed by atoms with Crippen molar-refractivity contribution in [1.82, 2.24) is 0 Å². The quantitative estimate of drug-likeness (QED) is 0.878. The van der Waals surface area contributed by atoms with E-state index in [4.69, 9.17) is 16.3 Å². The lowest BCUT2D eigenvalue weighted by molar-refractivity contribution is 0.0601. The van der Waals surface area contributed by atoms with Gasteiger partial charge in [0, 0.05) is 11.7 Å². The average Bonchev–Trinajstić information content (AvgIpc) is 2.90. The van der Waals surface area contributed by atoms with E-state index in [0.29, 0.717) is 16.6 Å². The molecular weight excluding hydrogens is 286 g/mol. The standard InChI is InChI=1S/C17H16ClNO2/c1-21-17(20)15-10-13(6-7-16(15)18)19-14-8-11-4-2-3-5-12(11)9-14/h2-7,10,14,19H,8-9H2,1H3. The van der Waals surface area contributed by atoms with E-state index < -0.39 is 5.97 Å². The molecule has 21 heavy (non-hydrogen) atoms. The number of ether oxygens (including phenoxy) is 1. The van der Waals surface area contributed by atoms with Crippen molar-refractivity contribution in [2.24, 2.45) is 0 Å². The predicted octanol–water partition coefficient (Wildman–Crippen LogP) is 3.71. The summed E-state index contributed by atoms with van der Waals surface area (Å²) in [5.74, 6) is -0.418. The molecule has 0 aromatic heterocycles. The van der Waals surface area contributed by atoms with Crippen molar-refractivity contribution >= 4 is 23.3 Å². The number of fused-ring (bicyclic) bond motifs is 1. The Hall–Kier alpha value is -2.00. The van der Waals surface area contributed by atoms with Crippen molar-refractivity contribution in [2.45, 2.75) is 18.9 Å². The number of hydrogen-bond donors (Lipinski definition) is 1. The molecule has 0 amide bonds. The molecular formula is C17H16ClNO2. The predicted molar refractivity (Wildman–Crippen MR) is 84.1 cm³/mol. The lowest BCUT2D eigenvalue weighted by Crippen LogP contribution is -2.19. The van der Waals surface area contributed by atoms with Gasteiger partial charge in [-0.05, 0) is 42.2 Å². The van der Waals surface area contributed by atoms with Crippen LogP contribution in [0.25, 0.3) is 0 Å². The van der Waals surface area contributed by atoms with Gasteiger partial charge in [-0.1, -0.05) is 35.9 Å². The van der Waals surface area contributed by atoms with Crippen LogP contribution in [-0.4, -0.2) is 19.1 Å². The molecule has 0 bridgehead atoms. The molecule has 2 aromatic carbocycles. The van der Waals surface area contributed by atoms with Gasteiger partial charge in [-0.25, -0.2) is 4.79 Å². The third kappa shape index (κ3) is 2.88. The van der Waals surface area contributed by atoms with E-state index in [1.807, 2.05) is 6.07 Å². The molecule has 0 saturated heterocycles. The van der Waals surface area contributed by atoms with E-state index in [9.17, 15) is 4.79 Å². The van der Waals surface area contributed by atoms with Crippen molar-refractivity contribution < 1.29 is 9.53 Å². The number of carbonyl (C=O) groups excluding carboxylic acids is 1. The summed E-state index contributed by atoms with van der Waals surface area (Å²) >= 11 is 6.03. The second kappa shape index (κ2) is 5.78. The summed E-state index contributed by atoms with van der Waals surface area (Å²) in [7, 11) is 1.35. The number of halogens is 1. The number of carbonyl (C=O) groups is 1. The Kier molecular flexibility index (Phi) is 3.84. The minimum atomic E-state index is -0.418. The van der Waals surface area contributed by atoms with Gasteiger partial charge < -0.3 is 10.1 Å². The monoisotopic (exact) mass is 301 g/mol. The first kappa shape index (κ1) is 14.0. The number of anilines is 1. The molecule has 0 fully saturated rings. The van der Waals surface area contributed by atoms with E-state index in [0.717, 1.165) is 18.5 Å². The van der Waals surface area contributed by atoms with Crippen molar-refractivity contribution in [3.05, 3.63) is 64.2 Å². The molecule has 1 aliphatic carbocycles. The molecule has 2 aromatic rings. The van der Waals surface area contributed by atoms with E-state index in [1.54, 1.807) is 12.1 Å². The van der Waals surface area contributed by atoms with Gasteiger partial charge in [0.1, 0.15) is 0 Å². The van der Waals surface area contributed by atoms with Crippen LogP contribution in [0.4, 0.5) is 5.69 Å². The summed E-state index contributed by atoms with van der Waals surface area (Å²) in [6.07, 6.45) is 1.98. The number of hydrogen-bond acceptors (Lipinski definition) is 3. The minimum Gasteiger partial charge on any atom is -0.465 e. The van der Waals surface area contributed by atoms with Crippen LogP contribution in [0.2, 0.25) is 5.02 Å². The van der Waals surface area contributed by atoms with Gasteiger partial charge >= 0.3 is 5.97 Å². The Morgan fingerprint density at radius 2 is 1.86 bits per heavy atom. The van der Waals surface area contributed by atoms with Gasteiger partial charge in [-0.2, -0.15) is 0 Å². The fourth-order valence-corrected chi connectivity index (χ4v) is 2.97. The van der Waals surface area contributed by atoms with Crippen molar-refractivity contribution in [3.63, 3.8) is 0 Å². The lowest BCUT2D eigenvalue weighted by Gasteiger charge is -2.14. The molecule has 0 unspecified atom stereocenters. The van der Waals surface area contributed by atoms with E-state index in [2.05, 4.69) is 29.6 Å². The van der Waals surface area contributed by atoms with Crippen LogP contribution in [0.1, 0.15) is 21.5 Å². The number of esters is 1. The Labute approximate surface area is 128 Å². The Bertz CT molecular complexity index is 659. The molecule has 3 rings (SSSR count). The highest BCUT2D eigenvalue weighted by Crippen LogP contribution is 2.26. The third-order valence-corrected chi connectivity index (χ3v) is 4.12. The Morgan fingerprint density at radius 3 is 2.48 bits per heavy atom. The lowest BCUT2D eigenvalue weighted by atomic mass is 10.1. The maximum Gasteiger partial charge on any atom is 0.339 e. The van der Waals surface area contributed by atoms with Gasteiger partial charge in [-0.3, -0.25) is 0 Å². The van der Waals surface area contributed by atoms with Gasteiger partial charge in [0.15, 0.2) is 0 Å². The van der Waals surface area contributed by atoms with Gasteiger partial charge in [0.25, 0.3) is 0 Å². The van der Waals surface area contributed by atoms with Crippen LogP contribution in [0, 0.1) is 0 Å². The molecule has 1 aliphatic rings. The highest BCUT2D eigenvalue weighted by atomic mass is 35.5. The molecule has 0 atom stereocenters. The molecule has 0 heterocycles. The summed E-state index contributed by atoms with van der Waals surface area (Å²) in [5, 5.41) is 3.87. The summed E-state index contributed by atoms with van der Waals surface area (Å²) < 4.78 is 4.74. The van der Waals surface area contributed by atoms with Crippen molar-refractivity contribution in [2.75, 3.05) is 12.4 Å². The van der Waals surface area contributed by atoms with Crippen LogP contribution in [0.3, 0.4) is 0 Å². The number of methoxy groups -OCH3 is 1. The fraction of sp³-hybridized carbons (Fsp3) is 0.235. The average molecular weight is 302 g/mol. The summed E-state index contributed by atoms with van der Waals surface area (Å²) in [5.41, 5.74) is 4.05. The highest BCUT2D eigenvalue weighted by molar-refractivity contribution is 6.33. The molecule has 0 radical (unpaired) electrons. The fourth-order valence-electron chi connectivity index (χ4n) is 2.78. The maximum atomic E-state index is 11.7. The number of nitrogens with one attached hydrogen (secondary N) is 1. The Balaban J connectivity index is 1.76. The van der Waals surface area contributed by atoms with E-state index >= 15 is 0 Å². The van der Waals surface area contributed by atoms with Crippen molar-refractivity contribution in [3.8, 4) is 0 Å². The first-order valence-corrected chi connectivity index (χ1v) is 7.26. The molecule has 4 heteroatoms. The maximum absolute atomic E-state index is 11.7. The van der Waals surface area contributed by atoms with Crippen LogP contribution < -0.4 is 5.32 Å². The van der Waals surface area contributed by atoms with Gasteiger partial charge in [0.05, 0.1) is 17.7 Å². The van der Waals surface area contributed by atoms with Gasteiger partial charge in [0.2, 0.25) is 0 Å². The largest absolute Gasteiger partial charge is 0.465 e. The van der Waals surface area contributed by atoms with Crippen LogP contribution in [-0.2, 0) is 17.6 Å². The molecule has 108 valence electrons. The molecule has 3 nitrogen and oxygen atoms in total. The number of benzene rings is 2. The van der Waals surface area contributed by atoms with E-state index in [-0.39, 0.29) is 0 Å². The first-order chi connectivity index (χ1) is 10.2. The first-order valence-electron chi connectivity index (χ1n) is 6.88. The van der Waals surface area contributed by atoms with Crippen LogP contribution >= 0.6 is 11.6 Å². The molecule has 0 spiro atoms. The summed E-state index contributed by atoms with van der Waals surface area (Å²) in [6, 6.07) is 14.2. The highest BCUT2D eigenvalue weighted by Gasteiger charge is 2.21. The summed E-state index contributed by atoms with van der Waals surface area (Å²) in [6.45, 7) is 0. The zero-order valence-corrected chi connectivity index (χ0v) is 12.5. The van der Waals surface area contributed by atoms with Crippen LogP contribution in [0.5, 0.6) is 0 Å². The SMILES string of the molecule is COC(=O)c1cc(NC2Cc3ccccc3C2)ccc1Cl. The second-order valence-electron chi connectivity index (χ2n) is 5.20. The summed E-state index contributed by atoms with van der Waals surface area (Å²) in [4.78, 5) is 11.7. The topological polar surface area (TPSA) is 38.3 Å². The third-order valence-electron chi connectivity index (χ3n) is 3.79. The van der Waals surface area contributed by atoms with Crippen molar-refractivity contribution in [1.29, 1.82) is 0 Å². The zero-order chi connectivity index (χ0) is 14.8. The second-order valence-corrected chi connectivity index (χ2v) is 5.61. The van der Waals surface area contributed by atoms with Crippen LogP contribution in [0.15, 0.2) is 42.5 Å².